The lowest BCUT2D eigenvalue weighted by atomic mass is 9.96. The van der Waals surface area contributed by atoms with Gasteiger partial charge in [-0.2, -0.15) is 0 Å². The predicted molar refractivity (Wildman–Crippen MR) is 86.9 cm³/mol. The Bertz CT molecular complexity index is 672. The SMILES string of the molecule is O=C(Nc1cccc(Br)c1)c1cc(C2CCOCC2)ncn1. The van der Waals surface area contributed by atoms with Crippen LogP contribution in [-0.2, 0) is 4.74 Å². The zero-order chi connectivity index (χ0) is 15.4. The quantitative estimate of drug-likeness (QED) is 0.909. The Hall–Kier alpha value is -1.79. The fourth-order valence-corrected chi connectivity index (χ4v) is 2.87. The van der Waals surface area contributed by atoms with Crippen LogP contribution in [0.5, 0.6) is 0 Å². The third kappa shape index (κ3) is 3.69. The molecule has 114 valence electrons. The van der Waals surface area contributed by atoms with Crippen molar-refractivity contribution in [1.29, 1.82) is 0 Å². The van der Waals surface area contributed by atoms with E-state index in [9.17, 15) is 4.79 Å². The Balaban J connectivity index is 1.75. The highest BCUT2D eigenvalue weighted by molar-refractivity contribution is 9.10. The number of ether oxygens (including phenoxy) is 1. The van der Waals surface area contributed by atoms with Gasteiger partial charge in [0.25, 0.3) is 5.91 Å². The molecule has 0 atom stereocenters. The minimum absolute atomic E-state index is 0.228. The molecule has 0 saturated carbocycles. The van der Waals surface area contributed by atoms with Crippen molar-refractivity contribution in [2.24, 2.45) is 0 Å². The summed E-state index contributed by atoms with van der Waals surface area (Å²) in [5.74, 6) is 0.114. The van der Waals surface area contributed by atoms with Crippen LogP contribution in [0.3, 0.4) is 0 Å². The average molecular weight is 362 g/mol. The summed E-state index contributed by atoms with van der Waals surface area (Å²) in [6.45, 7) is 1.49. The number of aromatic nitrogens is 2. The molecule has 1 aromatic heterocycles. The Kier molecular flexibility index (Phi) is 4.80. The van der Waals surface area contributed by atoms with Gasteiger partial charge >= 0.3 is 0 Å². The van der Waals surface area contributed by atoms with Gasteiger partial charge < -0.3 is 10.1 Å². The Morgan fingerprint density at radius 3 is 2.82 bits per heavy atom. The summed E-state index contributed by atoms with van der Waals surface area (Å²) in [6.07, 6.45) is 3.33. The van der Waals surface area contributed by atoms with Crippen LogP contribution in [0.25, 0.3) is 0 Å². The van der Waals surface area contributed by atoms with E-state index in [-0.39, 0.29) is 5.91 Å². The second-order valence-corrected chi connectivity index (χ2v) is 6.09. The van der Waals surface area contributed by atoms with Crippen molar-refractivity contribution < 1.29 is 9.53 Å². The molecule has 6 heteroatoms. The van der Waals surface area contributed by atoms with E-state index < -0.39 is 0 Å². The lowest BCUT2D eigenvalue weighted by Crippen LogP contribution is -2.18. The number of rotatable bonds is 3. The molecule has 0 aliphatic carbocycles. The highest BCUT2D eigenvalue weighted by Crippen LogP contribution is 2.25. The highest BCUT2D eigenvalue weighted by atomic mass is 79.9. The van der Waals surface area contributed by atoms with E-state index in [0.29, 0.717) is 11.6 Å². The van der Waals surface area contributed by atoms with Crippen LogP contribution in [0, 0.1) is 0 Å². The molecule has 1 aliphatic heterocycles. The number of hydrogen-bond acceptors (Lipinski definition) is 4. The predicted octanol–water partition coefficient (Wildman–Crippen LogP) is 3.39. The molecule has 0 radical (unpaired) electrons. The van der Waals surface area contributed by atoms with Crippen LogP contribution in [0.15, 0.2) is 41.1 Å². The van der Waals surface area contributed by atoms with Gasteiger partial charge in [0.15, 0.2) is 0 Å². The van der Waals surface area contributed by atoms with Crippen LogP contribution in [0.2, 0.25) is 0 Å². The number of nitrogens with zero attached hydrogens (tertiary/aromatic N) is 2. The Morgan fingerprint density at radius 2 is 2.05 bits per heavy atom. The van der Waals surface area contributed by atoms with Gasteiger partial charge in [-0.05, 0) is 37.1 Å². The number of anilines is 1. The summed E-state index contributed by atoms with van der Waals surface area (Å²) in [4.78, 5) is 20.7. The zero-order valence-corrected chi connectivity index (χ0v) is 13.5. The smallest absolute Gasteiger partial charge is 0.274 e. The molecule has 1 amide bonds. The van der Waals surface area contributed by atoms with Crippen molar-refractivity contribution in [1.82, 2.24) is 9.97 Å². The molecule has 22 heavy (non-hydrogen) atoms. The molecule has 0 bridgehead atoms. The van der Waals surface area contributed by atoms with E-state index >= 15 is 0 Å². The standard InChI is InChI=1S/C16H16BrN3O2/c17-12-2-1-3-13(8-12)20-16(21)15-9-14(18-10-19-15)11-4-6-22-7-5-11/h1-3,8-11H,4-7H2,(H,20,21). The van der Waals surface area contributed by atoms with Crippen molar-refractivity contribution in [2.75, 3.05) is 18.5 Å². The first-order chi connectivity index (χ1) is 10.7. The zero-order valence-electron chi connectivity index (χ0n) is 12.0. The lowest BCUT2D eigenvalue weighted by molar-refractivity contribution is 0.0844. The topological polar surface area (TPSA) is 64.1 Å². The number of hydrogen-bond donors (Lipinski definition) is 1. The van der Waals surface area contributed by atoms with E-state index in [0.717, 1.165) is 41.9 Å². The second kappa shape index (κ2) is 6.98. The van der Waals surface area contributed by atoms with Gasteiger partial charge in [0.05, 0.1) is 0 Å². The van der Waals surface area contributed by atoms with Crippen LogP contribution in [0.4, 0.5) is 5.69 Å². The molecule has 1 aromatic carbocycles. The van der Waals surface area contributed by atoms with Crippen molar-refractivity contribution in [3.05, 3.63) is 52.5 Å². The molecule has 0 spiro atoms. The van der Waals surface area contributed by atoms with Gasteiger partial charge in [0, 0.05) is 35.0 Å². The summed E-state index contributed by atoms with van der Waals surface area (Å²) in [7, 11) is 0. The second-order valence-electron chi connectivity index (χ2n) is 5.18. The third-order valence-electron chi connectivity index (χ3n) is 3.64. The van der Waals surface area contributed by atoms with Crippen molar-refractivity contribution in [3.63, 3.8) is 0 Å². The van der Waals surface area contributed by atoms with Gasteiger partial charge in [0.1, 0.15) is 12.0 Å². The fourth-order valence-electron chi connectivity index (χ4n) is 2.47. The van der Waals surface area contributed by atoms with Gasteiger partial charge in [-0.15, -0.1) is 0 Å². The molecule has 2 aromatic rings. The van der Waals surface area contributed by atoms with E-state index in [1.807, 2.05) is 24.3 Å². The Morgan fingerprint density at radius 1 is 1.23 bits per heavy atom. The normalized spacial score (nSPS) is 15.5. The molecule has 1 N–H and O–H groups in total. The summed E-state index contributed by atoms with van der Waals surface area (Å²) in [5, 5.41) is 2.85. The summed E-state index contributed by atoms with van der Waals surface area (Å²) in [6, 6.07) is 9.24. The molecule has 1 fully saturated rings. The monoisotopic (exact) mass is 361 g/mol. The molecular weight excluding hydrogens is 346 g/mol. The lowest BCUT2D eigenvalue weighted by Gasteiger charge is -2.21. The number of carbonyl (C=O) groups excluding carboxylic acids is 1. The van der Waals surface area contributed by atoms with E-state index in [1.54, 1.807) is 6.07 Å². The highest BCUT2D eigenvalue weighted by Gasteiger charge is 2.19. The van der Waals surface area contributed by atoms with Crippen LogP contribution in [0.1, 0.15) is 34.9 Å². The van der Waals surface area contributed by atoms with Crippen molar-refractivity contribution in [3.8, 4) is 0 Å². The van der Waals surface area contributed by atoms with Gasteiger partial charge in [0.2, 0.25) is 0 Å². The molecule has 5 nitrogen and oxygen atoms in total. The molecule has 3 rings (SSSR count). The summed E-state index contributed by atoms with van der Waals surface area (Å²) < 4.78 is 6.27. The van der Waals surface area contributed by atoms with Gasteiger partial charge in [-0.1, -0.05) is 22.0 Å². The first kappa shape index (κ1) is 15.1. The molecule has 1 saturated heterocycles. The maximum Gasteiger partial charge on any atom is 0.274 e. The summed E-state index contributed by atoms with van der Waals surface area (Å²) in [5.41, 5.74) is 2.03. The van der Waals surface area contributed by atoms with E-state index in [1.165, 1.54) is 6.33 Å². The minimum Gasteiger partial charge on any atom is -0.381 e. The van der Waals surface area contributed by atoms with Crippen molar-refractivity contribution in [2.45, 2.75) is 18.8 Å². The maximum absolute atomic E-state index is 12.3. The van der Waals surface area contributed by atoms with Crippen molar-refractivity contribution >= 4 is 27.5 Å². The number of halogens is 1. The van der Waals surface area contributed by atoms with E-state index in [4.69, 9.17) is 4.74 Å². The maximum atomic E-state index is 12.3. The third-order valence-corrected chi connectivity index (χ3v) is 4.14. The number of nitrogens with one attached hydrogen (secondary N) is 1. The molecule has 2 heterocycles. The first-order valence-corrected chi connectivity index (χ1v) is 7.98. The van der Waals surface area contributed by atoms with Gasteiger partial charge in [-0.3, -0.25) is 4.79 Å². The fraction of sp³-hybridized carbons (Fsp3) is 0.312. The molecule has 0 unspecified atom stereocenters. The van der Waals surface area contributed by atoms with Crippen LogP contribution < -0.4 is 5.32 Å². The average Bonchev–Trinajstić information content (AvgIpc) is 2.56. The Labute approximate surface area is 137 Å². The number of benzene rings is 1. The van der Waals surface area contributed by atoms with Crippen LogP contribution >= 0.6 is 15.9 Å². The summed E-state index contributed by atoms with van der Waals surface area (Å²) >= 11 is 3.38. The molecular formula is C16H16BrN3O2. The largest absolute Gasteiger partial charge is 0.381 e. The minimum atomic E-state index is -0.228. The molecule has 1 aliphatic rings. The first-order valence-electron chi connectivity index (χ1n) is 7.19. The van der Waals surface area contributed by atoms with E-state index in [2.05, 4.69) is 31.2 Å². The van der Waals surface area contributed by atoms with Gasteiger partial charge in [-0.25, -0.2) is 9.97 Å². The van der Waals surface area contributed by atoms with Crippen LogP contribution in [-0.4, -0.2) is 29.1 Å². The number of amides is 1. The number of carbonyl (C=O) groups is 1.